The predicted molar refractivity (Wildman–Crippen MR) is 104 cm³/mol. The van der Waals surface area contributed by atoms with Gasteiger partial charge in [-0.1, -0.05) is 0 Å². The van der Waals surface area contributed by atoms with Crippen molar-refractivity contribution >= 4 is 11.5 Å². The number of alkyl halides is 3. The van der Waals surface area contributed by atoms with Gasteiger partial charge < -0.3 is 19.9 Å². The van der Waals surface area contributed by atoms with Crippen LogP contribution in [0.3, 0.4) is 0 Å². The molecule has 0 saturated heterocycles. The first-order chi connectivity index (χ1) is 14.0. The number of methoxy groups -OCH3 is 1. The number of aromatic nitrogens is 3. The predicted octanol–water partition coefficient (Wildman–Crippen LogP) is 3.94. The van der Waals surface area contributed by atoms with Crippen LogP contribution in [0.5, 0.6) is 11.5 Å². The molecule has 1 aliphatic carbocycles. The van der Waals surface area contributed by atoms with Crippen LogP contribution in [0.4, 0.5) is 19.1 Å². The third-order valence-electron chi connectivity index (χ3n) is 5.05. The van der Waals surface area contributed by atoms with Crippen LogP contribution in [0.15, 0.2) is 30.5 Å². The minimum Gasteiger partial charge on any atom is -0.497 e. The Morgan fingerprint density at radius 1 is 1.23 bits per heavy atom. The average Bonchev–Trinajstić information content (AvgIpc) is 3.01. The molecule has 0 bridgehead atoms. The first kappa shape index (κ1) is 20.3. The van der Waals surface area contributed by atoms with E-state index in [0.717, 1.165) is 5.56 Å². The van der Waals surface area contributed by atoms with Gasteiger partial charge in [0, 0.05) is 23.9 Å². The van der Waals surface area contributed by atoms with Gasteiger partial charge in [0.25, 0.3) is 0 Å². The molecule has 1 aliphatic rings. The van der Waals surface area contributed by atoms with Gasteiger partial charge in [-0.25, -0.2) is 0 Å². The fourth-order valence-corrected chi connectivity index (χ4v) is 3.76. The molecule has 0 amide bonds. The van der Waals surface area contributed by atoms with Gasteiger partial charge in [-0.05, 0) is 50.5 Å². The lowest BCUT2D eigenvalue weighted by molar-refractivity contribution is -0.274. The number of fused-ring (bicyclic) bond motifs is 1. The highest BCUT2D eigenvalue weighted by Crippen LogP contribution is 2.39. The summed E-state index contributed by atoms with van der Waals surface area (Å²) in [5.41, 5.74) is 1.15. The van der Waals surface area contributed by atoms with E-state index >= 15 is 0 Å². The quantitative estimate of drug-likeness (QED) is 0.648. The van der Waals surface area contributed by atoms with Gasteiger partial charge in [0.05, 0.1) is 18.2 Å². The number of aliphatic hydroxyl groups is 1. The van der Waals surface area contributed by atoms with Crippen LogP contribution < -0.4 is 14.8 Å². The van der Waals surface area contributed by atoms with Crippen molar-refractivity contribution in [3.63, 3.8) is 0 Å². The summed E-state index contributed by atoms with van der Waals surface area (Å²) in [6.45, 7) is 3.64. The number of nitrogens with one attached hydrogen (secondary N) is 1. The van der Waals surface area contributed by atoms with Gasteiger partial charge in [-0.2, -0.15) is 0 Å². The van der Waals surface area contributed by atoms with E-state index in [1.165, 1.54) is 25.3 Å². The smallest absolute Gasteiger partial charge is 0.497 e. The third-order valence-corrected chi connectivity index (χ3v) is 5.05. The maximum Gasteiger partial charge on any atom is 0.573 e. The molecule has 1 aromatic carbocycles. The van der Waals surface area contributed by atoms with Crippen LogP contribution in [-0.4, -0.2) is 44.8 Å². The van der Waals surface area contributed by atoms with E-state index in [1.54, 1.807) is 11.3 Å². The SMILES string of the molecule is COc1ccc(-c2nnc(NC3CC(C)(O)C3)n3cc(C)cc23)c(OC(F)(F)F)c1. The molecular formula is C20H21F3N4O3. The lowest BCUT2D eigenvalue weighted by Crippen LogP contribution is -2.48. The van der Waals surface area contributed by atoms with Crippen molar-refractivity contribution in [2.45, 2.75) is 44.7 Å². The van der Waals surface area contributed by atoms with E-state index < -0.39 is 17.7 Å². The zero-order chi connectivity index (χ0) is 21.7. The van der Waals surface area contributed by atoms with Crippen LogP contribution in [0, 0.1) is 6.92 Å². The standard InChI is InChI=1S/C20H21F3N4O3/c1-11-6-15-17(14-5-4-13(29-3)7-16(14)30-20(21,22)23)25-26-18(27(15)10-11)24-12-8-19(2,28)9-12/h4-7,10,12,28H,8-9H2,1-3H3,(H,24,26). The van der Waals surface area contributed by atoms with Crippen molar-refractivity contribution in [3.8, 4) is 22.8 Å². The maximum atomic E-state index is 13.0. The van der Waals surface area contributed by atoms with E-state index in [4.69, 9.17) is 4.74 Å². The van der Waals surface area contributed by atoms with E-state index in [2.05, 4.69) is 20.3 Å². The van der Waals surface area contributed by atoms with Gasteiger partial charge in [-0.15, -0.1) is 23.4 Å². The second kappa shape index (κ2) is 7.05. The van der Waals surface area contributed by atoms with Crippen LogP contribution in [0.1, 0.15) is 25.3 Å². The Labute approximate surface area is 170 Å². The van der Waals surface area contributed by atoms with Crippen LogP contribution in [0.2, 0.25) is 0 Å². The van der Waals surface area contributed by atoms with Crippen LogP contribution >= 0.6 is 0 Å². The molecule has 2 heterocycles. The van der Waals surface area contributed by atoms with Gasteiger partial charge >= 0.3 is 6.36 Å². The van der Waals surface area contributed by atoms with E-state index in [1.807, 2.05) is 19.2 Å². The number of benzene rings is 1. The minimum absolute atomic E-state index is 0.0381. The van der Waals surface area contributed by atoms with Crippen molar-refractivity contribution < 1.29 is 27.8 Å². The highest BCUT2D eigenvalue weighted by atomic mass is 19.4. The Kier molecular flexibility index (Phi) is 4.76. The summed E-state index contributed by atoms with van der Waals surface area (Å²) in [6.07, 6.45) is -1.91. The summed E-state index contributed by atoms with van der Waals surface area (Å²) in [4.78, 5) is 0. The molecule has 0 atom stereocenters. The molecule has 2 N–H and O–H groups in total. The summed E-state index contributed by atoms with van der Waals surface area (Å²) in [6, 6.07) is 6.02. The second-order valence-electron chi connectivity index (χ2n) is 7.80. The molecule has 0 radical (unpaired) electrons. The second-order valence-corrected chi connectivity index (χ2v) is 7.80. The molecule has 30 heavy (non-hydrogen) atoms. The zero-order valence-corrected chi connectivity index (χ0v) is 16.6. The van der Waals surface area contributed by atoms with E-state index in [0.29, 0.717) is 24.3 Å². The number of aryl methyl sites for hydroxylation is 1. The number of hydrogen-bond donors (Lipinski definition) is 2. The van der Waals surface area contributed by atoms with E-state index in [9.17, 15) is 18.3 Å². The molecule has 1 fully saturated rings. The first-order valence-corrected chi connectivity index (χ1v) is 9.33. The molecule has 4 rings (SSSR count). The molecule has 7 nitrogen and oxygen atoms in total. The third kappa shape index (κ3) is 4.00. The summed E-state index contributed by atoms with van der Waals surface area (Å²) in [7, 11) is 1.36. The molecule has 3 aromatic rings. The minimum atomic E-state index is -4.87. The number of hydrogen-bond acceptors (Lipinski definition) is 6. The molecule has 10 heteroatoms. The fourth-order valence-electron chi connectivity index (χ4n) is 3.76. The highest BCUT2D eigenvalue weighted by Gasteiger charge is 2.39. The summed E-state index contributed by atoms with van der Waals surface area (Å²) in [5, 5.41) is 21.6. The van der Waals surface area contributed by atoms with Gasteiger partial charge in [0.2, 0.25) is 5.95 Å². The highest BCUT2D eigenvalue weighted by molar-refractivity contribution is 5.82. The molecule has 0 spiro atoms. The number of nitrogens with zero attached hydrogens (tertiary/aromatic N) is 3. The number of anilines is 1. The van der Waals surface area contributed by atoms with Crippen LogP contribution in [0.25, 0.3) is 16.8 Å². The first-order valence-electron chi connectivity index (χ1n) is 9.33. The maximum absolute atomic E-state index is 13.0. The molecule has 1 saturated carbocycles. The Bertz CT molecular complexity index is 1090. The molecule has 0 aliphatic heterocycles. The number of ether oxygens (including phenoxy) is 2. The largest absolute Gasteiger partial charge is 0.573 e. The van der Waals surface area contributed by atoms with Crippen molar-refractivity contribution in [2.24, 2.45) is 0 Å². The number of rotatable bonds is 5. The summed E-state index contributed by atoms with van der Waals surface area (Å²) < 4.78 is 49.9. The van der Waals surface area contributed by atoms with Gasteiger partial charge in [0.1, 0.15) is 17.2 Å². The van der Waals surface area contributed by atoms with Crippen molar-refractivity contribution in [1.29, 1.82) is 0 Å². The lowest BCUT2D eigenvalue weighted by Gasteiger charge is -2.41. The topological polar surface area (TPSA) is 80.9 Å². The zero-order valence-electron chi connectivity index (χ0n) is 16.6. The normalized spacial score (nSPS) is 21.4. The Morgan fingerprint density at radius 2 is 1.97 bits per heavy atom. The van der Waals surface area contributed by atoms with Gasteiger partial charge in [-0.3, -0.25) is 4.40 Å². The van der Waals surface area contributed by atoms with Gasteiger partial charge in [0.15, 0.2) is 0 Å². The Morgan fingerprint density at radius 3 is 2.60 bits per heavy atom. The molecule has 0 unspecified atom stereocenters. The van der Waals surface area contributed by atoms with Crippen molar-refractivity contribution in [2.75, 3.05) is 12.4 Å². The van der Waals surface area contributed by atoms with Crippen LogP contribution in [-0.2, 0) is 0 Å². The monoisotopic (exact) mass is 422 g/mol. The van der Waals surface area contributed by atoms with Crippen molar-refractivity contribution in [1.82, 2.24) is 14.6 Å². The Balaban J connectivity index is 1.78. The average molecular weight is 422 g/mol. The Hall–Kier alpha value is -3.01. The summed E-state index contributed by atoms with van der Waals surface area (Å²) >= 11 is 0. The fraction of sp³-hybridized carbons (Fsp3) is 0.400. The number of halogens is 3. The van der Waals surface area contributed by atoms with Crippen molar-refractivity contribution in [3.05, 3.63) is 36.0 Å². The lowest BCUT2D eigenvalue weighted by atomic mass is 9.77. The molecule has 160 valence electrons. The summed E-state index contributed by atoms with van der Waals surface area (Å²) in [5.74, 6) is 0.255. The van der Waals surface area contributed by atoms with E-state index in [-0.39, 0.29) is 23.0 Å². The molecule has 2 aromatic heterocycles. The molecular weight excluding hydrogens is 401 g/mol.